The lowest BCUT2D eigenvalue weighted by Gasteiger charge is -2.09. The summed E-state index contributed by atoms with van der Waals surface area (Å²) in [6, 6.07) is 0. The fraction of sp³-hybridized carbons (Fsp3) is 1.00. The highest BCUT2D eigenvalue weighted by Crippen LogP contribution is 2.28. The Morgan fingerprint density at radius 1 is 1.22 bits per heavy atom. The molecule has 0 aromatic heterocycles. The van der Waals surface area contributed by atoms with Crippen LogP contribution in [0.4, 0.5) is 0 Å². The molecule has 2 atom stereocenters. The van der Waals surface area contributed by atoms with E-state index in [4.69, 9.17) is 0 Å². The Morgan fingerprint density at radius 2 is 1.89 bits per heavy atom. The zero-order valence-electron chi connectivity index (χ0n) is 6.69. The molecule has 1 unspecified atom stereocenters. The Morgan fingerprint density at radius 3 is 2.67 bits per heavy atom. The molecule has 0 heterocycles. The molecule has 1 saturated carbocycles. The van der Waals surface area contributed by atoms with Gasteiger partial charge in [0.05, 0.1) is 0 Å². The van der Waals surface area contributed by atoms with Crippen LogP contribution >= 0.6 is 0 Å². The van der Waals surface area contributed by atoms with Crippen molar-refractivity contribution < 1.29 is 0 Å². The summed E-state index contributed by atoms with van der Waals surface area (Å²) in [7, 11) is 2.39. The second-order valence-corrected chi connectivity index (χ2v) is 3.73. The van der Waals surface area contributed by atoms with Crippen LogP contribution < -0.4 is 0 Å². The minimum atomic E-state index is 1.00. The summed E-state index contributed by atoms with van der Waals surface area (Å²) in [5.41, 5.74) is 0. The first kappa shape index (κ1) is 7.18. The molecule has 1 aliphatic rings. The SMILES string of the molecule is BC1CCCC[C@@H](C)C1. The molecule has 1 rings (SSSR count). The summed E-state index contributed by atoms with van der Waals surface area (Å²) in [6.45, 7) is 2.39. The molecule has 0 aromatic rings. The number of rotatable bonds is 0. The van der Waals surface area contributed by atoms with Crippen LogP contribution in [0.5, 0.6) is 0 Å². The zero-order chi connectivity index (χ0) is 6.69. The van der Waals surface area contributed by atoms with Gasteiger partial charge in [-0.3, -0.25) is 0 Å². The van der Waals surface area contributed by atoms with E-state index in [9.17, 15) is 0 Å². The molecule has 0 N–H and O–H groups in total. The van der Waals surface area contributed by atoms with Gasteiger partial charge in [0, 0.05) is 0 Å². The Bertz CT molecular complexity index is 70.6. The first-order valence-electron chi connectivity index (χ1n) is 4.29. The Kier molecular flexibility index (Phi) is 2.62. The topological polar surface area (TPSA) is 0 Å². The lowest BCUT2D eigenvalue weighted by molar-refractivity contribution is 0.505. The minimum Gasteiger partial charge on any atom is -0.0695 e. The van der Waals surface area contributed by atoms with Crippen molar-refractivity contribution in [3.63, 3.8) is 0 Å². The first-order chi connectivity index (χ1) is 4.29. The van der Waals surface area contributed by atoms with E-state index in [1.54, 1.807) is 0 Å². The van der Waals surface area contributed by atoms with Crippen molar-refractivity contribution in [3.8, 4) is 0 Å². The maximum absolute atomic E-state index is 2.39. The quantitative estimate of drug-likeness (QED) is 0.342. The maximum atomic E-state index is 2.39. The van der Waals surface area contributed by atoms with Crippen LogP contribution in [0.3, 0.4) is 0 Å². The van der Waals surface area contributed by atoms with Gasteiger partial charge in [-0.2, -0.15) is 0 Å². The molecule has 1 fully saturated rings. The van der Waals surface area contributed by atoms with Crippen molar-refractivity contribution in [2.75, 3.05) is 0 Å². The third kappa shape index (κ3) is 2.42. The second-order valence-electron chi connectivity index (χ2n) is 3.73. The van der Waals surface area contributed by atoms with Crippen LogP contribution in [0.25, 0.3) is 0 Å². The predicted molar refractivity (Wildman–Crippen MR) is 44.5 cm³/mol. The van der Waals surface area contributed by atoms with Gasteiger partial charge in [-0.15, -0.1) is 0 Å². The van der Waals surface area contributed by atoms with E-state index in [1.165, 1.54) is 32.1 Å². The third-order valence-corrected chi connectivity index (χ3v) is 2.45. The smallest absolute Gasteiger partial charge is 0.0695 e. The average molecular weight is 124 g/mol. The second kappa shape index (κ2) is 3.29. The Labute approximate surface area is 59.4 Å². The van der Waals surface area contributed by atoms with Crippen LogP contribution in [0.1, 0.15) is 39.0 Å². The molecule has 0 saturated heterocycles. The first-order valence-corrected chi connectivity index (χ1v) is 4.29. The molecular formula is C8H17B. The van der Waals surface area contributed by atoms with E-state index in [-0.39, 0.29) is 0 Å². The average Bonchev–Trinajstić information content (AvgIpc) is 1.93. The highest BCUT2D eigenvalue weighted by atomic mass is 14.1. The van der Waals surface area contributed by atoms with Gasteiger partial charge in [-0.05, 0) is 5.92 Å². The molecule has 1 heteroatoms. The maximum Gasteiger partial charge on any atom is 0.105 e. The molecular weight excluding hydrogens is 107 g/mol. The van der Waals surface area contributed by atoms with Crippen LogP contribution in [0.15, 0.2) is 0 Å². The standard InChI is InChI=1S/C8H17B/c1-7-4-2-3-5-8(9)6-7/h7-8H,2-6,9H2,1H3/t7-,8?/m1/s1. The number of hydrogen-bond donors (Lipinski definition) is 0. The molecule has 0 radical (unpaired) electrons. The van der Waals surface area contributed by atoms with E-state index < -0.39 is 0 Å². The van der Waals surface area contributed by atoms with E-state index in [2.05, 4.69) is 14.8 Å². The van der Waals surface area contributed by atoms with Gasteiger partial charge in [0.2, 0.25) is 0 Å². The molecule has 0 nitrogen and oxygen atoms in total. The van der Waals surface area contributed by atoms with E-state index in [0.717, 1.165) is 11.7 Å². The fourth-order valence-electron chi connectivity index (χ4n) is 1.91. The van der Waals surface area contributed by atoms with E-state index in [0.29, 0.717) is 0 Å². The minimum absolute atomic E-state index is 1.00. The van der Waals surface area contributed by atoms with Crippen LogP contribution in [-0.4, -0.2) is 7.85 Å². The van der Waals surface area contributed by atoms with Gasteiger partial charge in [0.25, 0.3) is 0 Å². The van der Waals surface area contributed by atoms with Crippen molar-refractivity contribution in [2.45, 2.75) is 44.8 Å². The van der Waals surface area contributed by atoms with Crippen molar-refractivity contribution in [1.82, 2.24) is 0 Å². The normalized spacial score (nSPS) is 37.9. The van der Waals surface area contributed by atoms with Crippen LogP contribution in [0, 0.1) is 5.92 Å². The van der Waals surface area contributed by atoms with Crippen molar-refractivity contribution in [3.05, 3.63) is 0 Å². The summed E-state index contributed by atoms with van der Waals surface area (Å²) in [4.78, 5) is 0. The molecule has 0 bridgehead atoms. The predicted octanol–water partition coefficient (Wildman–Crippen LogP) is 2.01. The van der Waals surface area contributed by atoms with Gasteiger partial charge in [0.1, 0.15) is 7.85 Å². The van der Waals surface area contributed by atoms with Gasteiger partial charge >= 0.3 is 0 Å². The van der Waals surface area contributed by atoms with Gasteiger partial charge < -0.3 is 0 Å². The van der Waals surface area contributed by atoms with Crippen LogP contribution in [-0.2, 0) is 0 Å². The number of hydrogen-bond acceptors (Lipinski definition) is 0. The summed E-state index contributed by atoms with van der Waals surface area (Å²) in [6.07, 6.45) is 7.38. The molecule has 52 valence electrons. The molecule has 0 amide bonds. The van der Waals surface area contributed by atoms with Crippen molar-refractivity contribution >= 4 is 7.85 Å². The molecule has 0 aromatic carbocycles. The van der Waals surface area contributed by atoms with Crippen molar-refractivity contribution in [2.24, 2.45) is 5.92 Å². The Balaban J connectivity index is 2.29. The monoisotopic (exact) mass is 124 g/mol. The molecule has 0 aliphatic heterocycles. The highest BCUT2D eigenvalue weighted by Gasteiger charge is 2.12. The Hall–Kier alpha value is 0.0649. The lowest BCUT2D eigenvalue weighted by atomic mass is 9.79. The van der Waals surface area contributed by atoms with E-state index >= 15 is 0 Å². The summed E-state index contributed by atoms with van der Waals surface area (Å²) < 4.78 is 0. The molecule has 0 spiro atoms. The summed E-state index contributed by atoms with van der Waals surface area (Å²) >= 11 is 0. The van der Waals surface area contributed by atoms with Crippen molar-refractivity contribution in [1.29, 1.82) is 0 Å². The fourth-order valence-corrected chi connectivity index (χ4v) is 1.91. The molecule has 1 aliphatic carbocycles. The van der Waals surface area contributed by atoms with Gasteiger partial charge in [0.15, 0.2) is 0 Å². The zero-order valence-corrected chi connectivity index (χ0v) is 6.69. The van der Waals surface area contributed by atoms with Crippen LogP contribution in [0.2, 0.25) is 5.82 Å². The third-order valence-electron chi connectivity index (χ3n) is 2.45. The summed E-state index contributed by atoms with van der Waals surface area (Å²) in [5.74, 6) is 2.00. The summed E-state index contributed by atoms with van der Waals surface area (Å²) in [5, 5.41) is 0. The van der Waals surface area contributed by atoms with Gasteiger partial charge in [-0.25, -0.2) is 0 Å². The molecule has 9 heavy (non-hydrogen) atoms. The van der Waals surface area contributed by atoms with E-state index in [1.807, 2.05) is 0 Å². The largest absolute Gasteiger partial charge is 0.105 e. The van der Waals surface area contributed by atoms with Gasteiger partial charge in [-0.1, -0.05) is 44.8 Å². The lowest BCUT2D eigenvalue weighted by Crippen LogP contribution is -1.96. The highest BCUT2D eigenvalue weighted by molar-refractivity contribution is 6.11.